The van der Waals surface area contributed by atoms with Gasteiger partial charge in [-0.15, -0.1) is 23.4 Å². The van der Waals surface area contributed by atoms with Crippen LogP contribution in [0.25, 0.3) is 0 Å². The first-order chi connectivity index (χ1) is 17.0. The Morgan fingerprint density at radius 1 is 1.36 bits per heavy atom. The van der Waals surface area contributed by atoms with Crippen LogP contribution in [0.3, 0.4) is 0 Å². The molecule has 1 saturated heterocycles. The van der Waals surface area contributed by atoms with Gasteiger partial charge in [0.25, 0.3) is 11.8 Å². The van der Waals surface area contributed by atoms with E-state index in [1.54, 1.807) is 0 Å². The molecule has 0 spiro atoms. The maximum absolute atomic E-state index is 13.0. The van der Waals surface area contributed by atoms with Gasteiger partial charge in [0.05, 0.1) is 5.88 Å². The number of nitrogens with zero attached hydrogens (tertiary/aromatic N) is 3. The second kappa shape index (κ2) is 11.9. The molecule has 2 atom stereocenters. The summed E-state index contributed by atoms with van der Waals surface area (Å²) in [7, 11) is 0. The standard InChI is InChI=1S/C19H19Cl2N5O8S2/c1-7(27)4-9(28)33-5-8-6-35-17-12(16(30)26(17)13(8)18(31)32)23-15(29)11(25-34-3-2-20)10-14(21)36-19(22)24-10/h12,17H,2-6H2,1H3,(H2,22,24)(H,23,29)(H,31,32)/t12-,17+/m1/s1. The second-order valence-corrected chi connectivity index (χ2v) is 10.4. The van der Waals surface area contributed by atoms with Crippen LogP contribution in [0.4, 0.5) is 5.13 Å². The van der Waals surface area contributed by atoms with E-state index < -0.39 is 54.0 Å². The van der Waals surface area contributed by atoms with E-state index >= 15 is 0 Å². The number of Topliss-reactive ketones (excluding diaryl/α,β-unsaturated/α-hetero) is 1. The molecule has 1 fully saturated rings. The maximum Gasteiger partial charge on any atom is 0.352 e. The van der Waals surface area contributed by atoms with E-state index in [0.29, 0.717) is 0 Å². The molecule has 13 nitrogen and oxygen atoms in total. The lowest BCUT2D eigenvalue weighted by molar-refractivity contribution is -0.150. The number of aliphatic carboxylic acids is 1. The summed E-state index contributed by atoms with van der Waals surface area (Å²) in [5, 5.41) is 15.3. The fourth-order valence-corrected chi connectivity index (χ4v) is 5.55. The van der Waals surface area contributed by atoms with Crippen LogP contribution in [0, 0.1) is 0 Å². The molecule has 0 radical (unpaired) electrons. The molecule has 2 amide bonds. The van der Waals surface area contributed by atoms with Crippen LogP contribution in [-0.2, 0) is 33.5 Å². The number of carbonyl (C=O) groups excluding carboxylic acids is 4. The number of carbonyl (C=O) groups is 5. The number of hydrogen-bond donors (Lipinski definition) is 3. The number of thiazole rings is 1. The lowest BCUT2D eigenvalue weighted by atomic mass is 10.0. The highest BCUT2D eigenvalue weighted by molar-refractivity contribution is 8.00. The van der Waals surface area contributed by atoms with E-state index in [0.717, 1.165) is 28.0 Å². The van der Waals surface area contributed by atoms with Crippen molar-refractivity contribution in [1.82, 2.24) is 15.2 Å². The van der Waals surface area contributed by atoms with E-state index in [1.165, 1.54) is 6.92 Å². The molecule has 2 aliphatic heterocycles. The van der Waals surface area contributed by atoms with Gasteiger partial charge in [0, 0.05) is 11.3 Å². The predicted molar refractivity (Wildman–Crippen MR) is 131 cm³/mol. The Bertz CT molecular complexity index is 1170. The molecule has 194 valence electrons. The van der Waals surface area contributed by atoms with Crippen LogP contribution in [-0.4, -0.2) is 86.5 Å². The number of β-lactam (4-membered cyclic amide) rings is 1. The van der Waals surface area contributed by atoms with E-state index in [9.17, 15) is 29.1 Å². The van der Waals surface area contributed by atoms with Gasteiger partial charge in [0.2, 0.25) is 0 Å². The number of carboxylic acid groups (broad SMARTS) is 1. The van der Waals surface area contributed by atoms with E-state index in [4.69, 9.17) is 38.5 Å². The SMILES string of the molecule is CC(=O)CC(=O)OCC1=C(C(=O)O)N2C(=O)[C@@H](NC(=O)C(=NOCCCl)c3nc(N)sc3Cl)[C@@H]2SC1. The summed E-state index contributed by atoms with van der Waals surface area (Å²) < 4.78 is 5.05. The Balaban J connectivity index is 1.76. The first-order valence-electron chi connectivity index (χ1n) is 10.1. The number of rotatable bonds is 11. The van der Waals surface area contributed by atoms with Crippen molar-refractivity contribution in [1.29, 1.82) is 0 Å². The number of anilines is 1. The number of ether oxygens (including phenoxy) is 1. The van der Waals surface area contributed by atoms with Gasteiger partial charge < -0.3 is 25.7 Å². The van der Waals surface area contributed by atoms with Crippen LogP contribution in [0.2, 0.25) is 4.34 Å². The molecule has 0 unspecified atom stereocenters. The number of carboxylic acids is 1. The maximum atomic E-state index is 13.0. The van der Waals surface area contributed by atoms with Crippen molar-refractivity contribution >= 4 is 86.7 Å². The smallest absolute Gasteiger partial charge is 0.352 e. The Morgan fingerprint density at radius 2 is 2.08 bits per heavy atom. The number of ketones is 1. The number of aromatic nitrogens is 1. The minimum Gasteiger partial charge on any atom is -0.477 e. The van der Waals surface area contributed by atoms with Crippen molar-refractivity contribution < 1.29 is 38.7 Å². The molecule has 1 aromatic rings. The topological polar surface area (TPSA) is 191 Å². The molecule has 0 bridgehead atoms. The van der Waals surface area contributed by atoms with Crippen LogP contribution in [0.1, 0.15) is 19.0 Å². The molecular formula is C19H19Cl2N5O8S2. The third-order valence-electron chi connectivity index (χ3n) is 4.70. The predicted octanol–water partition coefficient (Wildman–Crippen LogP) is 0.599. The number of thioether (sulfide) groups is 1. The third-order valence-corrected chi connectivity index (χ3v) is 7.28. The first kappa shape index (κ1) is 27.7. The van der Waals surface area contributed by atoms with Crippen molar-refractivity contribution in [2.45, 2.75) is 24.8 Å². The molecule has 0 saturated carbocycles. The molecule has 3 rings (SSSR count). The lowest BCUT2D eigenvalue weighted by Gasteiger charge is -2.49. The number of hydrogen-bond acceptors (Lipinski definition) is 12. The highest BCUT2D eigenvalue weighted by Gasteiger charge is 2.54. The average molecular weight is 580 g/mol. The van der Waals surface area contributed by atoms with Gasteiger partial charge in [0.1, 0.15) is 52.6 Å². The molecular weight excluding hydrogens is 561 g/mol. The van der Waals surface area contributed by atoms with Crippen molar-refractivity contribution in [3.63, 3.8) is 0 Å². The monoisotopic (exact) mass is 579 g/mol. The van der Waals surface area contributed by atoms with Crippen molar-refractivity contribution in [3.05, 3.63) is 21.3 Å². The number of nitrogens with two attached hydrogens (primary N) is 1. The molecule has 17 heteroatoms. The molecule has 36 heavy (non-hydrogen) atoms. The van der Waals surface area contributed by atoms with E-state index in [1.807, 2.05) is 0 Å². The van der Waals surface area contributed by atoms with Crippen molar-refractivity contribution in [3.8, 4) is 0 Å². The Labute approximate surface area is 221 Å². The van der Waals surface area contributed by atoms with Gasteiger partial charge in [-0.2, -0.15) is 0 Å². The number of nitrogen functional groups attached to an aromatic ring is 1. The normalized spacial score (nSPS) is 19.4. The van der Waals surface area contributed by atoms with Gasteiger partial charge in [-0.1, -0.05) is 28.1 Å². The summed E-state index contributed by atoms with van der Waals surface area (Å²) in [6.07, 6.45) is -0.449. The summed E-state index contributed by atoms with van der Waals surface area (Å²) in [6.45, 7) is 0.804. The molecule has 4 N–H and O–H groups in total. The zero-order chi connectivity index (χ0) is 26.6. The Kier molecular flexibility index (Phi) is 9.16. The largest absolute Gasteiger partial charge is 0.477 e. The first-order valence-corrected chi connectivity index (χ1v) is 12.9. The minimum absolute atomic E-state index is 0.0171. The van der Waals surface area contributed by atoms with Gasteiger partial charge in [-0.3, -0.25) is 24.1 Å². The Morgan fingerprint density at radius 3 is 2.67 bits per heavy atom. The number of alkyl halides is 1. The van der Waals surface area contributed by atoms with Gasteiger partial charge in [-0.25, -0.2) is 9.78 Å². The zero-order valence-electron chi connectivity index (χ0n) is 18.5. The summed E-state index contributed by atoms with van der Waals surface area (Å²) in [5.41, 5.74) is 5.09. The van der Waals surface area contributed by atoms with Crippen molar-refractivity contribution in [2.75, 3.05) is 30.6 Å². The zero-order valence-corrected chi connectivity index (χ0v) is 21.6. The fourth-order valence-electron chi connectivity index (χ4n) is 3.23. The van der Waals surface area contributed by atoms with Crippen LogP contribution in [0.15, 0.2) is 16.4 Å². The number of esters is 1. The number of amides is 2. The Hall–Kier alpha value is -2.88. The fraction of sp³-hybridized carbons (Fsp3) is 0.421. The summed E-state index contributed by atoms with van der Waals surface area (Å²) in [5.74, 6) is -3.97. The highest BCUT2D eigenvalue weighted by Crippen LogP contribution is 2.40. The number of oxime groups is 1. The molecule has 3 heterocycles. The third kappa shape index (κ3) is 6.08. The van der Waals surface area contributed by atoms with E-state index in [-0.39, 0.29) is 50.4 Å². The quantitative estimate of drug-likeness (QED) is 0.0632. The minimum atomic E-state index is -1.41. The lowest BCUT2D eigenvalue weighted by Crippen LogP contribution is -2.71. The van der Waals surface area contributed by atoms with Crippen LogP contribution >= 0.6 is 46.3 Å². The van der Waals surface area contributed by atoms with Crippen molar-refractivity contribution in [2.24, 2.45) is 5.16 Å². The van der Waals surface area contributed by atoms with Gasteiger partial charge >= 0.3 is 11.9 Å². The molecule has 0 aromatic carbocycles. The molecule has 1 aromatic heterocycles. The summed E-state index contributed by atoms with van der Waals surface area (Å²) >= 11 is 13.7. The molecule has 2 aliphatic rings. The highest BCUT2D eigenvalue weighted by atomic mass is 35.5. The van der Waals surface area contributed by atoms with E-state index in [2.05, 4.69) is 15.5 Å². The molecule has 0 aliphatic carbocycles. The average Bonchev–Trinajstić information content (AvgIpc) is 3.14. The second-order valence-electron chi connectivity index (χ2n) is 7.29. The number of halogens is 2. The van der Waals surface area contributed by atoms with Gasteiger partial charge in [0.15, 0.2) is 10.8 Å². The van der Waals surface area contributed by atoms with Gasteiger partial charge in [-0.05, 0) is 6.92 Å². The number of fused-ring (bicyclic) bond motifs is 1. The summed E-state index contributed by atoms with van der Waals surface area (Å²) in [4.78, 5) is 70.4. The van der Waals surface area contributed by atoms with Crippen LogP contribution in [0.5, 0.6) is 0 Å². The summed E-state index contributed by atoms with van der Waals surface area (Å²) in [6, 6.07) is -1.09. The van der Waals surface area contributed by atoms with Crippen LogP contribution < -0.4 is 11.1 Å². The number of nitrogens with one attached hydrogen (secondary N) is 1.